The average molecular weight is 619 g/mol. The fraction of sp³-hybridized carbons (Fsp3) is 0.419. The number of methoxy groups -OCH3 is 2. The monoisotopic (exact) mass is 618 g/mol. The maximum Gasteiger partial charge on any atom is 0.348 e. The number of benzene rings is 1. The van der Waals surface area contributed by atoms with Crippen molar-refractivity contribution < 1.29 is 19.0 Å². The van der Waals surface area contributed by atoms with Crippen LogP contribution in [-0.4, -0.2) is 60.9 Å². The van der Waals surface area contributed by atoms with E-state index in [0.29, 0.717) is 34.6 Å². The molecule has 5 heterocycles. The summed E-state index contributed by atoms with van der Waals surface area (Å²) in [4.78, 5) is 27.9. The van der Waals surface area contributed by atoms with Crippen LogP contribution in [-0.2, 0) is 17.9 Å². The van der Waals surface area contributed by atoms with Crippen LogP contribution in [0.3, 0.4) is 0 Å². The molecule has 1 spiro atoms. The molecule has 2 aliphatic heterocycles. The quantitative estimate of drug-likeness (QED) is 0.212. The number of fused-ring (bicyclic) bond motifs is 1. The summed E-state index contributed by atoms with van der Waals surface area (Å²) in [5.74, 6) is 2.72. The summed E-state index contributed by atoms with van der Waals surface area (Å²) < 4.78 is 18.6. The van der Waals surface area contributed by atoms with Crippen molar-refractivity contribution in [3.8, 4) is 17.7 Å². The summed E-state index contributed by atoms with van der Waals surface area (Å²) >= 11 is 7.44. The molecule has 12 heteroatoms. The molecule has 43 heavy (non-hydrogen) atoms. The van der Waals surface area contributed by atoms with Crippen molar-refractivity contribution in [2.45, 2.75) is 32.4 Å². The lowest BCUT2D eigenvalue weighted by atomic mass is 9.73. The van der Waals surface area contributed by atoms with E-state index in [4.69, 9.17) is 35.8 Å². The molecule has 0 amide bonds. The van der Waals surface area contributed by atoms with Gasteiger partial charge in [0, 0.05) is 66.6 Å². The van der Waals surface area contributed by atoms with Gasteiger partial charge in [0.25, 0.3) is 0 Å². The Labute approximate surface area is 258 Å². The van der Waals surface area contributed by atoms with Gasteiger partial charge >= 0.3 is 5.97 Å². The van der Waals surface area contributed by atoms with Gasteiger partial charge in [-0.1, -0.05) is 23.7 Å². The molecule has 2 saturated heterocycles. The largest absolute Gasteiger partial charge is 0.496 e. The van der Waals surface area contributed by atoms with Crippen molar-refractivity contribution in [1.29, 1.82) is 5.26 Å². The summed E-state index contributed by atoms with van der Waals surface area (Å²) in [6.45, 7) is 4.68. The van der Waals surface area contributed by atoms with Crippen LogP contribution >= 0.6 is 22.9 Å². The maximum absolute atomic E-state index is 12.2. The van der Waals surface area contributed by atoms with Crippen LogP contribution in [0.15, 0.2) is 42.5 Å². The van der Waals surface area contributed by atoms with E-state index < -0.39 is 0 Å². The van der Waals surface area contributed by atoms with E-state index in [9.17, 15) is 10.1 Å². The molecule has 0 unspecified atom stereocenters. The molecule has 222 valence electrons. The van der Waals surface area contributed by atoms with Crippen LogP contribution in [0.1, 0.15) is 34.5 Å². The van der Waals surface area contributed by atoms with Gasteiger partial charge in [-0.15, -0.1) is 11.3 Å². The van der Waals surface area contributed by atoms with Gasteiger partial charge in [-0.3, -0.25) is 0 Å². The predicted octanol–water partition coefficient (Wildman–Crippen LogP) is 5.54. The van der Waals surface area contributed by atoms with Gasteiger partial charge in [0.2, 0.25) is 11.8 Å². The number of aromatic nitrogens is 3. The molecule has 4 aromatic rings. The fourth-order valence-corrected chi connectivity index (χ4v) is 7.36. The number of carbonyl (C=O) groups excluding carboxylic acids is 1. The van der Waals surface area contributed by atoms with Crippen LogP contribution in [0.4, 0.5) is 11.8 Å². The highest BCUT2D eigenvalue weighted by atomic mass is 35.5. The van der Waals surface area contributed by atoms with E-state index in [-0.39, 0.29) is 16.8 Å². The Bertz CT molecular complexity index is 1740. The Hall–Kier alpha value is -4.01. The van der Waals surface area contributed by atoms with Crippen LogP contribution in [0.5, 0.6) is 11.6 Å². The SMILES string of the molecule is COC(=O)c1cc2c(nc(N3CC4(CN(c5cccc(OCc6ccc(Cl)cc6OC)n5)C4)C3)n2CC2(CC#N)CC2)s1. The van der Waals surface area contributed by atoms with Crippen molar-refractivity contribution in [3.05, 3.63) is 57.9 Å². The molecule has 0 N–H and O–H groups in total. The smallest absolute Gasteiger partial charge is 0.348 e. The van der Waals surface area contributed by atoms with E-state index >= 15 is 0 Å². The number of imidazole rings is 1. The number of nitriles is 1. The third kappa shape index (κ3) is 5.12. The van der Waals surface area contributed by atoms with Crippen LogP contribution < -0.4 is 19.3 Å². The number of halogens is 1. The Balaban J connectivity index is 1.02. The first-order chi connectivity index (χ1) is 20.8. The van der Waals surface area contributed by atoms with E-state index in [1.807, 2.05) is 36.4 Å². The maximum atomic E-state index is 12.2. The predicted molar refractivity (Wildman–Crippen MR) is 164 cm³/mol. The second-order valence-corrected chi connectivity index (χ2v) is 13.4. The minimum Gasteiger partial charge on any atom is -0.496 e. The van der Waals surface area contributed by atoms with Crippen LogP contribution in [0.2, 0.25) is 5.02 Å². The fourth-order valence-electron chi connectivity index (χ4n) is 6.25. The lowest BCUT2D eigenvalue weighted by Crippen LogP contribution is -2.73. The van der Waals surface area contributed by atoms with Gasteiger partial charge in [0.1, 0.15) is 27.9 Å². The minimum absolute atomic E-state index is 0.00222. The topological polar surface area (TPSA) is 106 Å². The van der Waals surface area contributed by atoms with Crippen molar-refractivity contribution >= 4 is 51.0 Å². The minimum atomic E-state index is -0.348. The van der Waals surface area contributed by atoms with E-state index in [1.54, 1.807) is 13.2 Å². The molecule has 0 radical (unpaired) electrons. The third-order valence-electron chi connectivity index (χ3n) is 8.76. The first-order valence-electron chi connectivity index (χ1n) is 14.2. The molecule has 3 aromatic heterocycles. The zero-order valence-corrected chi connectivity index (χ0v) is 25.6. The Morgan fingerprint density at radius 3 is 2.60 bits per heavy atom. The summed E-state index contributed by atoms with van der Waals surface area (Å²) in [7, 11) is 3.01. The number of pyridine rings is 1. The number of thiophene rings is 1. The van der Waals surface area contributed by atoms with Gasteiger partial charge in [0.05, 0.1) is 25.8 Å². The summed E-state index contributed by atoms with van der Waals surface area (Å²) in [5.41, 5.74) is 2.02. The summed E-state index contributed by atoms with van der Waals surface area (Å²) in [6, 6.07) is 15.6. The molecular formula is C31H31ClN6O4S. The number of carbonyl (C=O) groups is 1. The third-order valence-corrected chi connectivity index (χ3v) is 10.00. The normalized spacial score (nSPS) is 17.7. The summed E-state index contributed by atoms with van der Waals surface area (Å²) in [5, 5.41) is 10.0. The zero-order chi connectivity index (χ0) is 29.8. The number of hydrogen-bond donors (Lipinski definition) is 0. The van der Waals surface area contributed by atoms with Crippen molar-refractivity contribution in [1.82, 2.24) is 14.5 Å². The Morgan fingerprint density at radius 2 is 1.88 bits per heavy atom. The number of anilines is 2. The molecule has 3 fully saturated rings. The van der Waals surface area contributed by atoms with Crippen LogP contribution in [0, 0.1) is 22.2 Å². The molecule has 10 nitrogen and oxygen atoms in total. The lowest BCUT2D eigenvalue weighted by molar-refractivity contribution is 0.0606. The molecule has 1 saturated carbocycles. The second-order valence-electron chi connectivity index (χ2n) is 11.9. The van der Waals surface area contributed by atoms with Crippen molar-refractivity contribution in [2.24, 2.45) is 10.8 Å². The molecule has 3 aliphatic rings. The number of nitrogens with zero attached hydrogens (tertiary/aromatic N) is 6. The Morgan fingerprint density at radius 1 is 1.09 bits per heavy atom. The highest BCUT2D eigenvalue weighted by Crippen LogP contribution is 2.52. The van der Waals surface area contributed by atoms with Gasteiger partial charge < -0.3 is 28.6 Å². The standard InChI is InChI=1S/C31H31ClN6O4S/c1-40-23-12-21(32)7-6-20(23)14-42-26-5-3-4-25(34-26)36-15-31(16-36)17-37(18-31)29-35-27-22(13-24(43-27)28(39)41-2)38(29)19-30(8-9-30)10-11-33/h3-7,12-13H,8-10,14-19H2,1-2H3. The highest BCUT2D eigenvalue weighted by molar-refractivity contribution is 7.20. The second kappa shape index (κ2) is 10.6. The molecule has 1 aromatic carbocycles. The summed E-state index contributed by atoms with van der Waals surface area (Å²) in [6.07, 6.45) is 2.60. The van der Waals surface area contributed by atoms with Gasteiger partial charge in [0.15, 0.2) is 0 Å². The molecule has 7 rings (SSSR count). The molecular weight excluding hydrogens is 588 g/mol. The highest BCUT2D eigenvalue weighted by Gasteiger charge is 2.54. The first kappa shape index (κ1) is 27.8. The van der Waals surface area contributed by atoms with Crippen molar-refractivity contribution in [3.63, 3.8) is 0 Å². The first-order valence-corrected chi connectivity index (χ1v) is 15.4. The number of ether oxygens (including phenoxy) is 3. The molecule has 0 bridgehead atoms. The lowest BCUT2D eigenvalue weighted by Gasteiger charge is -2.60. The molecule has 0 atom stereocenters. The van der Waals surface area contributed by atoms with E-state index in [1.165, 1.54) is 18.4 Å². The number of rotatable bonds is 10. The van der Waals surface area contributed by atoms with E-state index in [2.05, 4.69) is 20.4 Å². The average Bonchev–Trinajstić information content (AvgIpc) is 3.47. The zero-order valence-electron chi connectivity index (χ0n) is 24.0. The van der Waals surface area contributed by atoms with Crippen LogP contribution in [0.25, 0.3) is 10.3 Å². The van der Waals surface area contributed by atoms with E-state index in [0.717, 1.165) is 73.2 Å². The van der Waals surface area contributed by atoms with Gasteiger partial charge in [-0.2, -0.15) is 10.2 Å². The van der Waals surface area contributed by atoms with Gasteiger partial charge in [-0.25, -0.2) is 9.78 Å². The van der Waals surface area contributed by atoms with Crippen molar-refractivity contribution in [2.75, 3.05) is 50.2 Å². The molecule has 1 aliphatic carbocycles. The number of hydrogen-bond acceptors (Lipinski definition) is 10. The van der Waals surface area contributed by atoms with Gasteiger partial charge in [-0.05, 0) is 37.1 Å². The Kier molecular flexibility index (Phi) is 6.86. The number of esters is 1.